The van der Waals surface area contributed by atoms with Gasteiger partial charge in [-0.25, -0.2) is 13.6 Å². The zero-order valence-corrected chi connectivity index (χ0v) is 15.7. The van der Waals surface area contributed by atoms with Crippen molar-refractivity contribution >= 4 is 11.4 Å². The first kappa shape index (κ1) is 18.1. The van der Waals surface area contributed by atoms with Crippen molar-refractivity contribution in [3.05, 3.63) is 27.7 Å². The van der Waals surface area contributed by atoms with E-state index in [0.29, 0.717) is 24.4 Å². The minimum absolute atomic E-state index is 0.0625. The summed E-state index contributed by atoms with van der Waals surface area (Å²) in [6.07, 6.45) is 2.68. The van der Waals surface area contributed by atoms with E-state index >= 15 is 0 Å². The fourth-order valence-corrected chi connectivity index (χ4v) is 3.70. The SMILES string of the molecule is CC(C)c1nn(CC(=O)NC2CC(C)(O)C2)c(=O)c2c(F)c(C3CC3)nn12. The van der Waals surface area contributed by atoms with Crippen LogP contribution < -0.4 is 10.9 Å². The molecule has 9 heteroatoms. The van der Waals surface area contributed by atoms with Crippen molar-refractivity contribution < 1.29 is 14.3 Å². The van der Waals surface area contributed by atoms with Crippen molar-refractivity contribution in [1.82, 2.24) is 24.7 Å². The molecule has 0 spiro atoms. The highest BCUT2D eigenvalue weighted by molar-refractivity contribution is 5.76. The monoisotopic (exact) mass is 377 g/mol. The molecule has 0 radical (unpaired) electrons. The second kappa shape index (κ2) is 6.12. The molecule has 4 rings (SSSR count). The number of amides is 1. The molecular formula is C18H24FN5O3. The molecule has 0 unspecified atom stereocenters. The molecule has 2 saturated carbocycles. The molecule has 2 N–H and O–H groups in total. The van der Waals surface area contributed by atoms with E-state index in [9.17, 15) is 19.1 Å². The van der Waals surface area contributed by atoms with Gasteiger partial charge in [0.25, 0.3) is 5.56 Å². The van der Waals surface area contributed by atoms with Gasteiger partial charge < -0.3 is 10.4 Å². The predicted molar refractivity (Wildman–Crippen MR) is 95.1 cm³/mol. The van der Waals surface area contributed by atoms with Gasteiger partial charge in [-0.15, -0.1) is 0 Å². The number of nitrogens with zero attached hydrogens (tertiary/aromatic N) is 4. The number of rotatable bonds is 5. The van der Waals surface area contributed by atoms with Crippen LogP contribution in [0.4, 0.5) is 4.39 Å². The Kier molecular flexibility index (Phi) is 4.10. The highest BCUT2D eigenvalue weighted by Gasteiger charge is 2.39. The smallest absolute Gasteiger partial charge is 0.296 e. The molecule has 2 aromatic rings. The topological polar surface area (TPSA) is 102 Å². The average Bonchev–Trinajstić information content (AvgIpc) is 3.32. The molecule has 0 saturated heterocycles. The van der Waals surface area contributed by atoms with Crippen molar-refractivity contribution in [2.45, 2.75) is 76.5 Å². The number of fused-ring (bicyclic) bond motifs is 1. The van der Waals surface area contributed by atoms with Gasteiger partial charge in [0.2, 0.25) is 5.91 Å². The second-order valence-corrected chi connectivity index (χ2v) is 8.38. The number of carbonyl (C=O) groups is 1. The first-order valence-electron chi connectivity index (χ1n) is 9.37. The van der Waals surface area contributed by atoms with Crippen LogP contribution in [0.15, 0.2) is 4.79 Å². The Morgan fingerprint density at radius 1 is 1.37 bits per heavy atom. The van der Waals surface area contributed by atoms with Crippen molar-refractivity contribution in [3.63, 3.8) is 0 Å². The average molecular weight is 377 g/mol. The molecule has 2 aromatic heterocycles. The Balaban J connectivity index is 1.66. The molecule has 0 aromatic carbocycles. The lowest BCUT2D eigenvalue weighted by Crippen LogP contribution is -2.54. The molecule has 0 aliphatic heterocycles. The summed E-state index contributed by atoms with van der Waals surface area (Å²) < 4.78 is 17.2. The maximum Gasteiger partial charge on any atom is 0.296 e. The second-order valence-electron chi connectivity index (χ2n) is 8.38. The summed E-state index contributed by atoms with van der Waals surface area (Å²) in [5, 5.41) is 21.1. The number of aliphatic hydroxyl groups is 1. The lowest BCUT2D eigenvalue weighted by molar-refractivity contribution is -0.125. The van der Waals surface area contributed by atoms with Crippen LogP contribution in [0.1, 0.15) is 69.8 Å². The molecule has 8 nitrogen and oxygen atoms in total. The third-order valence-corrected chi connectivity index (χ3v) is 5.24. The van der Waals surface area contributed by atoms with Crippen molar-refractivity contribution in [2.24, 2.45) is 0 Å². The Labute approximate surface area is 155 Å². The molecule has 2 aliphatic carbocycles. The minimum atomic E-state index is -0.753. The van der Waals surface area contributed by atoms with Gasteiger partial charge in [0.05, 0.1) is 5.60 Å². The van der Waals surface area contributed by atoms with Crippen LogP contribution in [-0.2, 0) is 11.3 Å². The van der Waals surface area contributed by atoms with Crippen molar-refractivity contribution in [1.29, 1.82) is 0 Å². The van der Waals surface area contributed by atoms with Gasteiger partial charge in [0.15, 0.2) is 17.2 Å². The zero-order chi connectivity index (χ0) is 19.5. The maximum absolute atomic E-state index is 14.8. The fraction of sp³-hybridized carbons (Fsp3) is 0.667. The van der Waals surface area contributed by atoms with Gasteiger partial charge in [0.1, 0.15) is 12.2 Å². The van der Waals surface area contributed by atoms with E-state index in [1.807, 2.05) is 13.8 Å². The summed E-state index contributed by atoms with van der Waals surface area (Å²) in [6.45, 7) is 5.18. The largest absolute Gasteiger partial charge is 0.390 e. The first-order valence-corrected chi connectivity index (χ1v) is 9.37. The number of hydrogen-bond donors (Lipinski definition) is 2. The maximum atomic E-state index is 14.8. The zero-order valence-electron chi connectivity index (χ0n) is 15.7. The summed E-state index contributed by atoms with van der Waals surface area (Å²) in [6, 6.07) is -0.121. The molecule has 0 atom stereocenters. The minimum Gasteiger partial charge on any atom is -0.390 e. The number of aromatic nitrogens is 4. The number of hydrogen-bond acceptors (Lipinski definition) is 5. The van der Waals surface area contributed by atoms with Gasteiger partial charge in [-0.05, 0) is 32.6 Å². The van der Waals surface area contributed by atoms with Crippen molar-refractivity contribution in [2.75, 3.05) is 0 Å². The van der Waals surface area contributed by atoms with Crippen LogP contribution in [0.5, 0.6) is 0 Å². The Hall–Kier alpha value is -2.29. The van der Waals surface area contributed by atoms with Crippen LogP contribution in [0, 0.1) is 5.82 Å². The first-order chi connectivity index (χ1) is 12.7. The summed E-state index contributed by atoms with van der Waals surface area (Å²) >= 11 is 0. The van der Waals surface area contributed by atoms with Crippen LogP contribution in [0.3, 0.4) is 0 Å². The molecule has 0 bridgehead atoms. The van der Waals surface area contributed by atoms with Crippen LogP contribution in [0.2, 0.25) is 0 Å². The van der Waals surface area contributed by atoms with Crippen molar-refractivity contribution in [3.8, 4) is 0 Å². The number of carbonyl (C=O) groups excluding carboxylic acids is 1. The highest BCUT2D eigenvalue weighted by atomic mass is 19.1. The molecule has 1 amide bonds. The van der Waals surface area contributed by atoms with E-state index in [1.54, 1.807) is 6.92 Å². The van der Waals surface area contributed by atoms with Gasteiger partial charge in [-0.1, -0.05) is 13.8 Å². The summed E-state index contributed by atoms with van der Waals surface area (Å²) in [5.41, 5.74) is -1.24. The lowest BCUT2D eigenvalue weighted by atomic mass is 9.77. The molecule has 27 heavy (non-hydrogen) atoms. The summed E-state index contributed by atoms with van der Waals surface area (Å²) in [7, 11) is 0. The third kappa shape index (κ3) is 3.24. The van der Waals surface area contributed by atoms with E-state index in [-0.39, 0.29) is 35.8 Å². The quantitative estimate of drug-likeness (QED) is 0.811. The summed E-state index contributed by atoms with van der Waals surface area (Å²) in [4.78, 5) is 25.1. The molecule has 2 fully saturated rings. The Morgan fingerprint density at radius 3 is 2.59 bits per heavy atom. The molecule has 2 heterocycles. The van der Waals surface area contributed by atoms with E-state index in [0.717, 1.165) is 17.5 Å². The predicted octanol–water partition coefficient (Wildman–Crippen LogP) is 1.06. The number of halogens is 1. The van der Waals surface area contributed by atoms with E-state index in [4.69, 9.17) is 0 Å². The Bertz CT molecular complexity index is 966. The standard InChI is InChI=1S/C18H24FN5O3/c1-9(2)16-22-23(8-12(25)20-11-6-18(3,27)7-11)17(26)15-13(19)14(10-4-5-10)21-24(15)16/h9-11,27H,4-8H2,1-3H3,(H,20,25). The van der Waals surface area contributed by atoms with Crippen LogP contribution in [-0.4, -0.2) is 42.1 Å². The normalized spacial score (nSPS) is 25.0. The van der Waals surface area contributed by atoms with E-state index < -0.39 is 17.0 Å². The van der Waals surface area contributed by atoms with Gasteiger partial charge in [-0.3, -0.25) is 9.59 Å². The van der Waals surface area contributed by atoms with Gasteiger partial charge in [-0.2, -0.15) is 10.2 Å². The van der Waals surface area contributed by atoms with Gasteiger partial charge in [0, 0.05) is 17.9 Å². The van der Waals surface area contributed by atoms with Crippen LogP contribution >= 0.6 is 0 Å². The number of nitrogens with one attached hydrogen (secondary N) is 1. The Morgan fingerprint density at radius 2 is 2.04 bits per heavy atom. The third-order valence-electron chi connectivity index (χ3n) is 5.24. The molecule has 146 valence electrons. The van der Waals surface area contributed by atoms with Crippen LogP contribution in [0.25, 0.3) is 5.52 Å². The fourth-order valence-electron chi connectivity index (χ4n) is 3.70. The molecule has 2 aliphatic rings. The van der Waals surface area contributed by atoms with E-state index in [2.05, 4.69) is 15.5 Å². The van der Waals surface area contributed by atoms with Gasteiger partial charge >= 0.3 is 0 Å². The highest BCUT2D eigenvalue weighted by Crippen LogP contribution is 2.41. The van der Waals surface area contributed by atoms with E-state index in [1.165, 1.54) is 4.52 Å². The lowest BCUT2D eigenvalue weighted by Gasteiger charge is -2.41. The summed E-state index contributed by atoms with van der Waals surface area (Å²) in [5.74, 6) is -0.583. The molecular weight excluding hydrogens is 353 g/mol.